The zero-order chi connectivity index (χ0) is 21.8. The van der Waals surface area contributed by atoms with Gasteiger partial charge in [-0.05, 0) is 42.0 Å². The van der Waals surface area contributed by atoms with E-state index in [-0.39, 0.29) is 5.82 Å². The van der Waals surface area contributed by atoms with Gasteiger partial charge in [-0.25, -0.2) is 9.37 Å². The molecule has 5 nitrogen and oxygen atoms in total. The second-order valence-electron chi connectivity index (χ2n) is 7.05. The smallest absolute Gasteiger partial charge is 0.192 e. The van der Waals surface area contributed by atoms with Crippen LogP contribution < -0.4 is 0 Å². The van der Waals surface area contributed by atoms with Gasteiger partial charge in [-0.3, -0.25) is 9.55 Å². The second kappa shape index (κ2) is 9.42. The van der Waals surface area contributed by atoms with Crippen molar-refractivity contribution >= 4 is 23.1 Å². The maximum absolute atomic E-state index is 13.2. The molecule has 0 bridgehead atoms. The van der Waals surface area contributed by atoms with Crippen molar-refractivity contribution in [3.05, 3.63) is 102 Å². The summed E-state index contributed by atoms with van der Waals surface area (Å²) in [5, 5.41) is 12.7. The first kappa shape index (κ1) is 20.5. The molecule has 5 rings (SSSR count). The lowest BCUT2D eigenvalue weighted by Gasteiger charge is -2.10. The fourth-order valence-electron chi connectivity index (χ4n) is 3.26. The molecule has 2 aromatic carbocycles. The number of aromatic nitrogens is 5. The predicted molar refractivity (Wildman–Crippen MR) is 126 cm³/mol. The molecule has 0 N–H and O–H groups in total. The zero-order valence-corrected chi connectivity index (χ0v) is 18.6. The SMILES string of the molecule is Fc1ccc(-c2nc(CSc3nnc(-c4ccncc4)n3Cc3ccccc3)cs2)cc1. The van der Waals surface area contributed by atoms with E-state index >= 15 is 0 Å². The van der Waals surface area contributed by atoms with E-state index in [1.165, 1.54) is 17.7 Å². The van der Waals surface area contributed by atoms with Crippen molar-refractivity contribution in [1.82, 2.24) is 24.7 Å². The van der Waals surface area contributed by atoms with Crippen LogP contribution in [0, 0.1) is 5.82 Å². The summed E-state index contributed by atoms with van der Waals surface area (Å²) in [5.74, 6) is 1.23. The molecule has 0 unspecified atom stereocenters. The van der Waals surface area contributed by atoms with Crippen LogP contribution in [0.25, 0.3) is 22.0 Å². The zero-order valence-electron chi connectivity index (χ0n) is 16.9. The number of hydrogen-bond donors (Lipinski definition) is 0. The molecular formula is C24H18FN5S2. The molecule has 158 valence electrons. The fourth-order valence-corrected chi connectivity index (χ4v) is 5.02. The molecule has 3 heterocycles. The van der Waals surface area contributed by atoms with Crippen LogP contribution >= 0.6 is 23.1 Å². The number of benzene rings is 2. The lowest BCUT2D eigenvalue weighted by Crippen LogP contribution is -2.04. The molecule has 0 radical (unpaired) electrons. The third kappa shape index (κ3) is 4.61. The average Bonchev–Trinajstić information content (AvgIpc) is 3.47. The van der Waals surface area contributed by atoms with Gasteiger partial charge in [-0.15, -0.1) is 21.5 Å². The van der Waals surface area contributed by atoms with Crippen LogP contribution in [0.1, 0.15) is 11.3 Å². The van der Waals surface area contributed by atoms with Crippen molar-refractivity contribution in [2.75, 3.05) is 0 Å². The highest BCUT2D eigenvalue weighted by Crippen LogP contribution is 2.30. The normalized spacial score (nSPS) is 11.0. The maximum Gasteiger partial charge on any atom is 0.192 e. The summed E-state index contributed by atoms with van der Waals surface area (Å²) in [4.78, 5) is 8.82. The first-order valence-electron chi connectivity index (χ1n) is 9.97. The molecule has 0 aliphatic rings. The summed E-state index contributed by atoms with van der Waals surface area (Å²) in [5.41, 5.74) is 4.03. The van der Waals surface area contributed by atoms with Gasteiger partial charge in [0.25, 0.3) is 0 Å². The van der Waals surface area contributed by atoms with Crippen LogP contribution in [0.15, 0.2) is 89.7 Å². The Morgan fingerprint density at radius 1 is 0.875 bits per heavy atom. The Balaban J connectivity index is 1.39. The summed E-state index contributed by atoms with van der Waals surface area (Å²) in [6, 6.07) is 20.6. The molecule has 0 saturated carbocycles. The average molecular weight is 460 g/mol. The molecular weight excluding hydrogens is 441 g/mol. The quantitative estimate of drug-likeness (QED) is 0.282. The van der Waals surface area contributed by atoms with E-state index in [1.807, 2.05) is 35.7 Å². The largest absolute Gasteiger partial charge is 0.298 e. The monoisotopic (exact) mass is 459 g/mol. The van der Waals surface area contributed by atoms with Crippen LogP contribution in [0.3, 0.4) is 0 Å². The Hall–Kier alpha value is -3.36. The summed E-state index contributed by atoms with van der Waals surface area (Å²) in [6.07, 6.45) is 3.52. The van der Waals surface area contributed by atoms with Crippen LogP contribution in [0.4, 0.5) is 4.39 Å². The summed E-state index contributed by atoms with van der Waals surface area (Å²) in [6.45, 7) is 0.672. The molecule has 0 atom stereocenters. The number of thioether (sulfide) groups is 1. The third-order valence-electron chi connectivity index (χ3n) is 4.83. The summed E-state index contributed by atoms with van der Waals surface area (Å²) < 4.78 is 15.3. The summed E-state index contributed by atoms with van der Waals surface area (Å²) >= 11 is 3.16. The molecule has 0 spiro atoms. The van der Waals surface area contributed by atoms with Crippen molar-refractivity contribution in [2.24, 2.45) is 0 Å². The van der Waals surface area contributed by atoms with Crippen molar-refractivity contribution in [3.63, 3.8) is 0 Å². The Morgan fingerprint density at radius 2 is 1.66 bits per heavy atom. The van der Waals surface area contributed by atoms with Gasteiger partial charge < -0.3 is 0 Å². The predicted octanol–water partition coefficient (Wildman–Crippen LogP) is 5.94. The standard InChI is InChI=1S/C24H18FN5S2/c25-20-8-6-19(7-9-20)23-27-21(15-31-23)16-32-24-29-28-22(18-10-12-26-13-11-18)30(24)14-17-4-2-1-3-5-17/h1-13,15H,14,16H2. The molecule has 0 saturated heterocycles. The minimum atomic E-state index is -0.246. The molecule has 32 heavy (non-hydrogen) atoms. The van der Waals surface area contributed by atoms with Gasteiger partial charge in [-0.2, -0.15) is 0 Å². The number of pyridine rings is 1. The van der Waals surface area contributed by atoms with Gasteiger partial charge >= 0.3 is 0 Å². The molecule has 0 fully saturated rings. The van der Waals surface area contributed by atoms with E-state index in [9.17, 15) is 4.39 Å². The van der Waals surface area contributed by atoms with Gasteiger partial charge in [0.1, 0.15) is 10.8 Å². The number of thiazole rings is 1. The van der Waals surface area contributed by atoms with Gasteiger partial charge in [0.15, 0.2) is 11.0 Å². The van der Waals surface area contributed by atoms with Gasteiger partial charge in [0.05, 0.1) is 12.2 Å². The number of nitrogens with zero attached hydrogens (tertiary/aromatic N) is 5. The summed E-state index contributed by atoms with van der Waals surface area (Å²) in [7, 11) is 0. The number of hydrogen-bond acceptors (Lipinski definition) is 6. The fraction of sp³-hybridized carbons (Fsp3) is 0.0833. The lowest BCUT2D eigenvalue weighted by atomic mass is 10.2. The molecule has 5 aromatic rings. The van der Waals surface area contributed by atoms with E-state index in [1.54, 1.807) is 47.6 Å². The highest BCUT2D eigenvalue weighted by molar-refractivity contribution is 7.98. The van der Waals surface area contributed by atoms with E-state index < -0.39 is 0 Å². The Kier molecular flexibility index (Phi) is 6.04. The van der Waals surface area contributed by atoms with E-state index in [4.69, 9.17) is 4.98 Å². The van der Waals surface area contributed by atoms with Gasteiger partial charge in [0.2, 0.25) is 0 Å². The van der Waals surface area contributed by atoms with Crippen molar-refractivity contribution < 1.29 is 4.39 Å². The molecule has 0 amide bonds. The highest BCUT2D eigenvalue weighted by Gasteiger charge is 2.16. The van der Waals surface area contributed by atoms with Crippen LogP contribution in [-0.4, -0.2) is 24.7 Å². The van der Waals surface area contributed by atoms with E-state index in [0.717, 1.165) is 32.8 Å². The minimum Gasteiger partial charge on any atom is -0.298 e. The second-order valence-corrected chi connectivity index (χ2v) is 8.85. The third-order valence-corrected chi connectivity index (χ3v) is 6.77. The lowest BCUT2D eigenvalue weighted by molar-refractivity contribution is 0.628. The van der Waals surface area contributed by atoms with Crippen molar-refractivity contribution in [1.29, 1.82) is 0 Å². The Morgan fingerprint density at radius 3 is 2.44 bits per heavy atom. The van der Waals surface area contributed by atoms with Crippen LogP contribution in [0.5, 0.6) is 0 Å². The van der Waals surface area contributed by atoms with E-state index in [0.29, 0.717) is 12.3 Å². The van der Waals surface area contributed by atoms with Crippen LogP contribution in [0.2, 0.25) is 0 Å². The van der Waals surface area contributed by atoms with Gasteiger partial charge in [-0.1, -0.05) is 42.1 Å². The molecule has 0 aliphatic carbocycles. The first-order chi connectivity index (χ1) is 15.8. The first-order valence-corrected chi connectivity index (χ1v) is 11.8. The van der Waals surface area contributed by atoms with E-state index in [2.05, 4.69) is 31.9 Å². The Labute approximate surface area is 193 Å². The van der Waals surface area contributed by atoms with Crippen molar-refractivity contribution in [2.45, 2.75) is 17.5 Å². The molecule has 3 aromatic heterocycles. The molecule has 8 heteroatoms. The van der Waals surface area contributed by atoms with Gasteiger partial charge in [0, 0.05) is 34.7 Å². The minimum absolute atomic E-state index is 0.246. The molecule has 0 aliphatic heterocycles. The topological polar surface area (TPSA) is 56.5 Å². The van der Waals surface area contributed by atoms with Crippen molar-refractivity contribution in [3.8, 4) is 22.0 Å². The number of halogens is 1. The maximum atomic E-state index is 13.2. The number of rotatable bonds is 7. The Bertz CT molecular complexity index is 1300. The highest BCUT2D eigenvalue weighted by atomic mass is 32.2. The van der Waals surface area contributed by atoms with Crippen LogP contribution in [-0.2, 0) is 12.3 Å².